The SMILES string of the molecule is CSc1ccc(Cl)cc1NC(=O)NCC(C)CC(C)O. The van der Waals surface area contributed by atoms with Gasteiger partial charge in [-0.15, -0.1) is 11.8 Å². The second-order valence-electron chi connectivity index (χ2n) is 4.87. The van der Waals surface area contributed by atoms with E-state index in [1.165, 1.54) is 0 Å². The van der Waals surface area contributed by atoms with Gasteiger partial charge in [-0.1, -0.05) is 18.5 Å². The van der Waals surface area contributed by atoms with Crippen molar-refractivity contribution in [2.24, 2.45) is 5.92 Å². The van der Waals surface area contributed by atoms with Gasteiger partial charge < -0.3 is 15.7 Å². The van der Waals surface area contributed by atoms with Gasteiger partial charge in [-0.25, -0.2) is 4.79 Å². The van der Waals surface area contributed by atoms with E-state index >= 15 is 0 Å². The van der Waals surface area contributed by atoms with Crippen molar-refractivity contribution in [1.82, 2.24) is 5.32 Å². The number of urea groups is 1. The van der Waals surface area contributed by atoms with Crippen LogP contribution in [0.3, 0.4) is 0 Å². The lowest BCUT2D eigenvalue weighted by atomic mass is 10.1. The van der Waals surface area contributed by atoms with E-state index in [-0.39, 0.29) is 18.1 Å². The minimum Gasteiger partial charge on any atom is -0.393 e. The predicted molar refractivity (Wildman–Crippen MR) is 85.7 cm³/mol. The quantitative estimate of drug-likeness (QED) is 0.703. The highest BCUT2D eigenvalue weighted by atomic mass is 35.5. The number of hydrogen-bond donors (Lipinski definition) is 3. The van der Waals surface area contributed by atoms with Crippen molar-refractivity contribution in [3.05, 3.63) is 23.2 Å². The second-order valence-corrected chi connectivity index (χ2v) is 6.15. The predicted octanol–water partition coefficient (Wildman–Crippen LogP) is 3.59. The number of carbonyl (C=O) groups excluding carboxylic acids is 1. The number of benzene rings is 1. The van der Waals surface area contributed by atoms with Crippen LogP contribution < -0.4 is 10.6 Å². The molecule has 1 rings (SSSR count). The van der Waals surface area contributed by atoms with Gasteiger partial charge in [-0.05, 0) is 43.7 Å². The average Bonchev–Trinajstić information content (AvgIpc) is 2.36. The average molecular weight is 317 g/mol. The summed E-state index contributed by atoms with van der Waals surface area (Å²) in [6.45, 7) is 4.25. The first-order valence-corrected chi connectivity index (χ1v) is 8.09. The van der Waals surface area contributed by atoms with Gasteiger partial charge >= 0.3 is 6.03 Å². The van der Waals surface area contributed by atoms with E-state index in [0.29, 0.717) is 23.7 Å². The highest BCUT2D eigenvalue weighted by molar-refractivity contribution is 7.98. The Morgan fingerprint density at radius 1 is 1.45 bits per heavy atom. The van der Waals surface area contributed by atoms with Crippen molar-refractivity contribution in [2.75, 3.05) is 18.1 Å². The normalized spacial score (nSPS) is 13.7. The maximum Gasteiger partial charge on any atom is 0.319 e. The Morgan fingerprint density at radius 3 is 2.75 bits per heavy atom. The van der Waals surface area contributed by atoms with Gasteiger partial charge in [0, 0.05) is 16.5 Å². The Bertz CT molecular complexity index is 455. The van der Waals surface area contributed by atoms with Gasteiger partial charge in [0.1, 0.15) is 0 Å². The van der Waals surface area contributed by atoms with Crippen LogP contribution >= 0.6 is 23.4 Å². The molecule has 0 fully saturated rings. The third-order valence-corrected chi connectivity index (χ3v) is 3.80. The standard InChI is InChI=1S/C14H21ClN2O2S/c1-9(6-10(2)18)8-16-14(19)17-12-7-11(15)4-5-13(12)20-3/h4-5,7,9-10,18H,6,8H2,1-3H3,(H2,16,17,19). The Labute approximate surface area is 129 Å². The summed E-state index contributed by atoms with van der Waals surface area (Å²) in [6, 6.07) is 5.13. The second kappa shape index (κ2) is 8.39. The minimum atomic E-state index is -0.356. The summed E-state index contributed by atoms with van der Waals surface area (Å²) >= 11 is 7.48. The molecule has 2 amide bonds. The van der Waals surface area contributed by atoms with Crippen LogP contribution in [0.4, 0.5) is 10.5 Å². The first-order valence-electron chi connectivity index (χ1n) is 6.48. The molecule has 0 aromatic heterocycles. The number of anilines is 1. The van der Waals surface area contributed by atoms with Crippen LogP contribution in [0.15, 0.2) is 23.1 Å². The molecule has 0 saturated heterocycles. The van der Waals surface area contributed by atoms with Crippen LogP contribution in [0.2, 0.25) is 5.02 Å². The van der Waals surface area contributed by atoms with Gasteiger partial charge in [0.05, 0.1) is 11.8 Å². The lowest BCUT2D eigenvalue weighted by Crippen LogP contribution is -2.33. The van der Waals surface area contributed by atoms with Crippen LogP contribution in [-0.2, 0) is 0 Å². The van der Waals surface area contributed by atoms with Crippen LogP contribution in [-0.4, -0.2) is 30.0 Å². The van der Waals surface area contributed by atoms with Gasteiger partial charge in [0.15, 0.2) is 0 Å². The van der Waals surface area contributed by atoms with Crippen molar-refractivity contribution in [1.29, 1.82) is 0 Å². The van der Waals surface area contributed by atoms with Crippen molar-refractivity contribution in [3.63, 3.8) is 0 Å². The Hall–Kier alpha value is -0.910. The molecular weight excluding hydrogens is 296 g/mol. The molecule has 0 saturated carbocycles. The van der Waals surface area contributed by atoms with Crippen molar-refractivity contribution in [3.8, 4) is 0 Å². The number of hydrogen-bond acceptors (Lipinski definition) is 3. The molecule has 0 spiro atoms. The minimum absolute atomic E-state index is 0.222. The monoisotopic (exact) mass is 316 g/mol. The third-order valence-electron chi connectivity index (χ3n) is 2.76. The van der Waals surface area contributed by atoms with Gasteiger partial charge in [0.2, 0.25) is 0 Å². The summed E-state index contributed by atoms with van der Waals surface area (Å²) in [4.78, 5) is 12.8. The Morgan fingerprint density at radius 2 is 2.15 bits per heavy atom. The molecule has 0 aliphatic carbocycles. The highest BCUT2D eigenvalue weighted by Gasteiger charge is 2.10. The molecule has 0 radical (unpaired) electrons. The molecule has 2 atom stereocenters. The molecule has 1 aromatic carbocycles. The first kappa shape index (κ1) is 17.1. The van der Waals surface area contributed by atoms with Crippen LogP contribution in [0.1, 0.15) is 20.3 Å². The molecular formula is C14H21ClN2O2S. The molecule has 3 N–H and O–H groups in total. The molecule has 112 valence electrons. The van der Waals surface area contributed by atoms with Crippen LogP contribution in [0, 0.1) is 5.92 Å². The van der Waals surface area contributed by atoms with Gasteiger partial charge in [0.25, 0.3) is 0 Å². The summed E-state index contributed by atoms with van der Waals surface area (Å²) in [7, 11) is 0. The molecule has 4 nitrogen and oxygen atoms in total. The van der Waals surface area contributed by atoms with Crippen LogP contribution in [0.5, 0.6) is 0 Å². The third kappa shape index (κ3) is 6.03. The van der Waals surface area contributed by atoms with E-state index in [0.717, 1.165) is 4.90 Å². The zero-order valence-electron chi connectivity index (χ0n) is 11.9. The number of thioether (sulfide) groups is 1. The van der Waals surface area contributed by atoms with E-state index in [4.69, 9.17) is 11.6 Å². The van der Waals surface area contributed by atoms with Gasteiger partial charge in [-0.2, -0.15) is 0 Å². The smallest absolute Gasteiger partial charge is 0.319 e. The lowest BCUT2D eigenvalue weighted by Gasteiger charge is -2.15. The van der Waals surface area contributed by atoms with E-state index in [9.17, 15) is 9.90 Å². The fourth-order valence-corrected chi connectivity index (χ4v) is 2.58. The largest absolute Gasteiger partial charge is 0.393 e. The fourth-order valence-electron chi connectivity index (χ4n) is 1.88. The molecule has 0 bridgehead atoms. The molecule has 0 aliphatic heterocycles. The van der Waals surface area contributed by atoms with E-state index < -0.39 is 0 Å². The Kier molecular flexibility index (Phi) is 7.19. The van der Waals surface area contributed by atoms with Gasteiger partial charge in [-0.3, -0.25) is 0 Å². The summed E-state index contributed by atoms with van der Waals surface area (Å²) in [5.74, 6) is 0.222. The summed E-state index contributed by atoms with van der Waals surface area (Å²) in [6.07, 6.45) is 2.25. The van der Waals surface area contributed by atoms with E-state index in [1.807, 2.05) is 19.2 Å². The molecule has 0 heterocycles. The maximum atomic E-state index is 11.8. The van der Waals surface area contributed by atoms with Crippen LogP contribution in [0.25, 0.3) is 0 Å². The highest BCUT2D eigenvalue weighted by Crippen LogP contribution is 2.28. The summed E-state index contributed by atoms with van der Waals surface area (Å²) in [5.41, 5.74) is 0.700. The molecule has 20 heavy (non-hydrogen) atoms. The number of aliphatic hydroxyl groups excluding tert-OH is 1. The number of carbonyl (C=O) groups is 1. The molecule has 0 aliphatic rings. The van der Waals surface area contributed by atoms with Crippen molar-refractivity contribution < 1.29 is 9.90 Å². The molecule has 1 aromatic rings. The zero-order chi connectivity index (χ0) is 15.1. The number of amides is 2. The lowest BCUT2D eigenvalue weighted by molar-refractivity contribution is 0.163. The topological polar surface area (TPSA) is 61.4 Å². The van der Waals surface area contributed by atoms with E-state index in [2.05, 4.69) is 10.6 Å². The number of nitrogens with one attached hydrogen (secondary N) is 2. The number of halogens is 1. The van der Waals surface area contributed by atoms with E-state index in [1.54, 1.807) is 30.8 Å². The summed E-state index contributed by atoms with van der Waals surface area (Å²) < 4.78 is 0. The van der Waals surface area contributed by atoms with Crippen molar-refractivity contribution in [2.45, 2.75) is 31.3 Å². The zero-order valence-corrected chi connectivity index (χ0v) is 13.5. The molecule has 2 unspecified atom stereocenters. The maximum absolute atomic E-state index is 11.8. The number of rotatable bonds is 6. The first-order chi connectivity index (χ1) is 9.42. The molecule has 6 heteroatoms. The van der Waals surface area contributed by atoms with Crippen molar-refractivity contribution >= 4 is 35.1 Å². The Balaban J connectivity index is 2.52. The number of aliphatic hydroxyl groups is 1. The summed E-state index contributed by atoms with van der Waals surface area (Å²) in [5, 5.41) is 15.4. The fraction of sp³-hybridized carbons (Fsp3) is 0.500.